The van der Waals surface area contributed by atoms with Gasteiger partial charge in [-0.1, -0.05) is 65.8 Å². The fourth-order valence-electron chi connectivity index (χ4n) is 2.22. The molecule has 3 aromatic rings. The lowest BCUT2D eigenvalue weighted by molar-refractivity contribution is 1.38. The van der Waals surface area contributed by atoms with Gasteiger partial charge in [0.1, 0.15) is 0 Å². The fraction of sp³-hybridized carbons (Fsp3) is 0.368. The molecule has 1 aromatic carbocycles. The summed E-state index contributed by atoms with van der Waals surface area (Å²) in [6.07, 6.45) is 5.66. The first-order valence-corrected chi connectivity index (χ1v) is 9.66. The minimum atomic E-state index is 1.13. The number of thiophene rings is 2. The van der Waals surface area contributed by atoms with Crippen molar-refractivity contribution < 1.29 is 0 Å². The normalized spacial score (nSPS) is 11.0. The summed E-state index contributed by atoms with van der Waals surface area (Å²) in [4.78, 5) is 1.47. The summed E-state index contributed by atoms with van der Waals surface area (Å²) < 4.78 is 4.43. The van der Waals surface area contributed by atoms with Crippen LogP contribution in [0.1, 0.15) is 52.0 Å². The third kappa shape index (κ3) is 3.38. The first-order chi connectivity index (χ1) is 10.4. The van der Waals surface area contributed by atoms with Gasteiger partial charge in [-0.05, 0) is 24.1 Å². The molecule has 114 valence electrons. The van der Waals surface area contributed by atoms with Crippen LogP contribution in [0.5, 0.6) is 0 Å². The van der Waals surface area contributed by atoms with Crippen LogP contribution in [-0.4, -0.2) is 0 Å². The third-order valence-corrected chi connectivity index (χ3v) is 5.51. The van der Waals surface area contributed by atoms with E-state index in [9.17, 15) is 0 Å². The Balaban J connectivity index is 0.000000332. The van der Waals surface area contributed by atoms with Gasteiger partial charge in [-0.3, -0.25) is 0 Å². The molecule has 0 bridgehead atoms. The van der Waals surface area contributed by atoms with Crippen LogP contribution in [0.3, 0.4) is 0 Å². The summed E-state index contributed by atoms with van der Waals surface area (Å²) in [5.41, 5.74) is 1.55. The zero-order valence-electron chi connectivity index (χ0n) is 14.0. The van der Waals surface area contributed by atoms with Crippen LogP contribution in [-0.2, 0) is 6.42 Å². The van der Waals surface area contributed by atoms with Crippen LogP contribution in [0.4, 0.5) is 0 Å². The van der Waals surface area contributed by atoms with Crippen molar-refractivity contribution in [2.75, 3.05) is 0 Å². The highest BCUT2D eigenvalue weighted by atomic mass is 32.1. The van der Waals surface area contributed by atoms with E-state index in [0.717, 1.165) is 6.42 Å². The monoisotopic (exact) mass is 318 g/mol. The van der Waals surface area contributed by atoms with Crippen LogP contribution in [0, 0.1) is 0 Å². The van der Waals surface area contributed by atoms with Crippen molar-refractivity contribution in [2.24, 2.45) is 0 Å². The summed E-state index contributed by atoms with van der Waals surface area (Å²) >= 11 is 3.89. The highest BCUT2D eigenvalue weighted by molar-refractivity contribution is 7.33. The van der Waals surface area contributed by atoms with Gasteiger partial charge in [0.15, 0.2) is 0 Å². The van der Waals surface area contributed by atoms with E-state index in [4.69, 9.17) is 0 Å². The Kier molecular flexibility index (Phi) is 7.69. The van der Waals surface area contributed by atoms with Crippen molar-refractivity contribution in [3.05, 3.63) is 40.8 Å². The molecule has 0 spiro atoms. The molecule has 4 rings (SSSR count). The molecule has 0 saturated heterocycles. The lowest BCUT2D eigenvalue weighted by Gasteiger charge is -1.87. The summed E-state index contributed by atoms with van der Waals surface area (Å²) in [5, 5.41) is 1.44. The summed E-state index contributed by atoms with van der Waals surface area (Å²) in [6, 6.07) is 8.72. The fourth-order valence-corrected chi connectivity index (χ4v) is 4.96. The maximum atomic E-state index is 2.27. The predicted octanol–water partition coefficient (Wildman–Crippen LogP) is 7.76. The van der Waals surface area contributed by atoms with Crippen molar-refractivity contribution >= 4 is 48.2 Å². The van der Waals surface area contributed by atoms with E-state index in [1.165, 1.54) is 24.4 Å². The van der Waals surface area contributed by atoms with E-state index in [2.05, 4.69) is 36.4 Å². The zero-order chi connectivity index (χ0) is 15.8. The molecule has 0 radical (unpaired) electrons. The Labute approximate surface area is 137 Å². The number of benzene rings is 1. The second-order valence-corrected chi connectivity index (χ2v) is 5.91. The molecular weight excluding hydrogens is 292 g/mol. The Hall–Kier alpha value is -1.12. The second kappa shape index (κ2) is 9.01. The second-order valence-electron chi connectivity index (χ2n) is 3.81. The minimum Gasteiger partial charge on any atom is -0.134 e. The smallest absolute Gasteiger partial charge is 0.0538 e. The summed E-state index contributed by atoms with van der Waals surface area (Å²) in [6.45, 7) is 12.0. The van der Waals surface area contributed by atoms with Crippen LogP contribution < -0.4 is 0 Å². The van der Waals surface area contributed by atoms with Crippen molar-refractivity contribution in [1.29, 1.82) is 0 Å². The first-order valence-electron chi connectivity index (χ1n) is 8.03. The van der Waals surface area contributed by atoms with Gasteiger partial charge in [-0.25, -0.2) is 0 Å². The molecule has 0 N–H and O–H groups in total. The lowest BCUT2D eigenvalue weighted by Crippen LogP contribution is -1.69. The van der Waals surface area contributed by atoms with Crippen LogP contribution >= 0.6 is 22.7 Å². The van der Waals surface area contributed by atoms with Crippen LogP contribution in [0.25, 0.3) is 25.6 Å². The van der Waals surface area contributed by atoms with Gasteiger partial charge < -0.3 is 0 Å². The highest BCUT2D eigenvalue weighted by Gasteiger charge is 2.16. The molecule has 0 nitrogen and oxygen atoms in total. The molecule has 0 aliphatic heterocycles. The van der Waals surface area contributed by atoms with Crippen molar-refractivity contribution in [3.8, 4) is 0 Å². The van der Waals surface area contributed by atoms with E-state index in [1.807, 2.05) is 64.2 Å². The Morgan fingerprint density at radius 1 is 0.810 bits per heavy atom. The maximum Gasteiger partial charge on any atom is 0.0538 e. The van der Waals surface area contributed by atoms with Gasteiger partial charge in [-0.15, -0.1) is 22.7 Å². The number of fused-ring (bicyclic) bond motifs is 5. The lowest BCUT2D eigenvalue weighted by atomic mass is 10.2. The van der Waals surface area contributed by atoms with Crippen LogP contribution in [0.2, 0.25) is 0 Å². The molecule has 0 fully saturated rings. The Morgan fingerprint density at radius 2 is 1.48 bits per heavy atom. The van der Waals surface area contributed by atoms with Crippen molar-refractivity contribution in [2.45, 2.75) is 48.0 Å². The number of hydrogen-bond donors (Lipinski definition) is 0. The molecular formula is C19H26S2. The zero-order valence-corrected chi connectivity index (χ0v) is 15.6. The van der Waals surface area contributed by atoms with Gasteiger partial charge in [0.2, 0.25) is 0 Å². The average Bonchev–Trinajstić information content (AvgIpc) is 3.25. The average molecular weight is 319 g/mol. The topological polar surface area (TPSA) is 0 Å². The largest absolute Gasteiger partial charge is 0.134 e. The molecule has 21 heavy (non-hydrogen) atoms. The quantitative estimate of drug-likeness (QED) is 0.397. The van der Waals surface area contributed by atoms with E-state index in [-0.39, 0.29) is 0 Å². The predicted molar refractivity (Wildman–Crippen MR) is 104 cm³/mol. The maximum absolute atomic E-state index is 2.27. The van der Waals surface area contributed by atoms with Gasteiger partial charge >= 0.3 is 0 Å². The molecule has 2 aromatic heterocycles. The number of hydrogen-bond acceptors (Lipinski definition) is 2. The van der Waals surface area contributed by atoms with Gasteiger partial charge in [-0.2, -0.15) is 0 Å². The van der Waals surface area contributed by atoms with Gasteiger partial charge in [0.25, 0.3) is 0 Å². The number of rotatable bonds is 0. The SMILES string of the molecule is C1=Cc2sc3c(sc4ccccc43)c2C1.CC.CC.CC. The van der Waals surface area contributed by atoms with Crippen LogP contribution in [0.15, 0.2) is 30.3 Å². The van der Waals surface area contributed by atoms with Crippen molar-refractivity contribution in [3.63, 3.8) is 0 Å². The van der Waals surface area contributed by atoms with Gasteiger partial charge in [0.05, 0.1) is 9.40 Å². The molecule has 1 aliphatic rings. The summed E-state index contributed by atoms with van der Waals surface area (Å²) in [7, 11) is 0. The molecule has 0 atom stereocenters. The molecule has 0 amide bonds. The van der Waals surface area contributed by atoms with E-state index in [1.54, 1.807) is 5.56 Å². The van der Waals surface area contributed by atoms with E-state index in [0.29, 0.717) is 0 Å². The third-order valence-electron chi connectivity index (χ3n) is 2.92. The van der Waals surface area contributed by atoms with E-state index >= 15 is 0 Å². The molecule has 1 aliphatic carbocycles. The summed E-state index contributed by atoms with van der Waals surface area (Å²) in [5.74, 6) is 0. The first kappa shape index (κ1) is 17.9. The molecule has 2 heterocycles. The number of allylic oxidation sites excluding steroid dienone is 1. The highest BCUT2D eigenvalue weighted by Crippen LogP contribution is 2.44. The Bertz CT molecular complexity index is 699. The standard InChI is InChI=1S/C13H8S2.3C2H6/c1-2-6-10-8(4-1)12-13(14-10)9-5-3-7-11(9)15-12;3*1-2/h1-4,6-7H,5H2;3*1-2H3. The molecule has 0 saturated carbocycles. The minimum absolute atomic E-state index is 1.13. The van der Waals surface area contributed by atoms with Crippen molar-refractivity contribution in [1.82, 2.24) is 0 Å². The van der Waals surface area contributed by atoms with E-state index < -0.39 is 0 Å². The molecule has 0 unspecified atom stereocenters. The molecule has 2 heteroatoms. The van der Waals surface area contributed by atoms with Gasteiger partial charge in [0, 0.05) is 15.0 Å². The Morgan fingerprint density at radius 3 is 2.19 bits per heavy atom.